The molecule has 0 aliphatic carbocycles. The van der Waals surface area contributed by atoms with Crippen molar-refractivity contribution in [2.75, 3.05) is 13.7 Å². The lowest BCUT2D eigenvalue weighted by atomic mass is 9.85. The van der Waals surface area contributed by atoms with Gasteiger partial charge in [0.1, 0.15) is 11.7 Å². The first-order chi connectivity index (χ1) is 10.0. The van der Waals surface area contributed by atoms with Crippen LogP contribution in [0.1, 0.15) is 30.6 Å². The van der Waals surface area contributed by atoms with Crippen molar-refractivity contribution in [2.24, 2.45) is 11.8 Å². The Hall–Kier alpha value is -2.35. The van der Waals surface area contributed by atoms with Crippen LogP contribution in [0.15, 0.2) is 24.3 Å². The molecule has 0 aliphatic heterocycles. The van der Waals surface area contributed by atoms with Crippen LogP contribution in [0.2, 0.25) is 0 Å². The Kier molecular flexibility index (Phi) is 6.41. The van der Waals surface area contributed by atoms with Gasteiger partial charge in [0, 0.05) is 12.0 Å². The third-order valence-corrected chi connectivity index (χ3v) is 3.18. The molecule has 0 saturated heterocycles. The molecule has 1 rings (SSSR count). The fraction of sp³-hybridized carbons (Fsp3) is 0.438. The Labute approximate surface area is 124 Å². The molecule has 2 unspecified atom stereocenters. The molecule has 1 aromatic carbocycles. The molecule has 5 heteroatoms. The first kappa shape index (κ1) is 16.7. The Morgan fingerprint density at radius 3 is 2.38 bits per heavy atom. The monoisotopic (exact) mass is 289 g/mol. The van der Waals surface area contributed by atoms with Crippen molar-refractivity contribution >= 4 is 11.8 Å². The predicted octanol–water partition coefficient (Wildman–Crippen LogP) is 2.61. The van der Waals surface area contributed by atoms with Gasteiger partial charge in [-0.2, -0.15) is 5.26 Å². The molecular formula is C16H19NO4. The van der Waals surface area contributed by atoms with Gasteiger partial charge in [-0.25, -0.2) is 0 Å². The second-order valence-corrected chi connectivity index (χ2v) is 4.66. The minimum atomic E-state index is -0.960. The van der Waals surface area contributed by atoms with Gasteiger partial charge in [0.25, 0.3) is 0 Å². The SMILES string of the molecule is CCOC(=O)C(C(=O)c1ccc(OC)cc1)C(C)CC#N. The average Bonchev–Trinajstić information content (AvgIpc) is 2.48. The molecule has 0 heterocycles. The van der Waals surface area contributed by atoms with Crippen molar-refractivity contribution in [3.63, 3.8) is 0 Å². The standard InChI is InChI=1S/C16H19NO4/c1-4-21-16(19)14(11(2)9-10-17)15(18)12-5-7-13(20-3)8-6-12/h5-8,11,14H,4,9H2,1-3H3. The zero-order valence-electron chi connectivity index (χ0n) is 12.5. The molecule has 0 spiro atoms. The number of rotatable bonds is 7. The number of Topliss-reactive ketones (excluding diaryl/α,β-unsaturated/α-hetero) is 1. The molecule has 21 heavy (non-hydrogen) atoms. The number of hydrogen-bond acceptors (Lipinski definition) is 5. The minimum absolute atomic E-state index is 0.116. The van der Waals surface area contributed by atoms with Gasteiger partial charge in [-0.1, -0.05) is 6.92 Å². The summed E-state index contributed by atoms with van der Waals surface area (Å²) in [6.07, 6.45) is 0.116. The summed E-state index contributed by atoms with van der Waals surface area (Å²) in [5, 5.41) is 8.79. The molecule has 0 saturated carbocycles. The number of hydrogen-bond donors (Lipinski definition) is 0. The maximum Gasteiger partial charge on any atom is 0.317 e. The van der Waals surface area contributed by atoms with E-state index in [0.717, 1.165) is 0 Å². The Bertz CT molecular complexity index is 530. The predicted molar refractivity (Wildman–Crippen MR) is 76.8 cm³/mol. The van der Waals surface area contributed by atoms with Crippen LogP contribution in [0, 0.1) is 23.2 Å². The Morgan fingerprint density at radius 2 is 1.90 bits per heavy atom. The van der Waals surface area contributed by atoms with Crippen LogP contribution in [0.5, 0.6) is 5.75 Å². The molecule has 0 amide bonds. The average molecular weight is 289 g/mol. The molecule has 5 nitrogen and oxygen atoms in total. The molecule has 0 bridgehead atoms. The first-order valence-electron chi connectivity index (χ1n) is 6.77. The largest absolute Gasteiger partial charge is 0.497 e. The van der Waals surface area contributed by atoms with E-state index in [-0.39, 0.29) is 18.8 Å². The summed E-state index contributed by atoms with van der Waals surface area (Å²) in [6, 6.07) is 8.51. The lowest BCUT2D eigenvalue weighted by molar-refractivity contribution is -0.147. The zero-order valence-corrected chi connectivity index (χ0v) is 12.5. The summed E-state index contributed by atoms with van der Waals surface area (Å²) in [7, 11) is 1.53. The molecule has 0 aromatic heterocycles. The van der Waals surface area contributed by atoms with E-state index in [4.69, 9.17) is 14.7 Å². The van der Waals surface area contributed by atoms with E-state index in [1.807, 2.05) is 6.07 Å². The Morgan fingerprint density at radius 1 is 1.29 bits per heavy atom. The quantitative estimate of drug-likeness (QED) is 0.438. The lowest BCUT2D eigenvalue weighted by Gasteiger charge is -2.19. The zero-order chi connectivity index (χ0) is 15.8. The topological polar surface area (TPSA) is 76.4 Å². The van der Waals surface area contributed by atoms with Gasteiger partial charge >= 0.3 is 5.97 Å². The first-order valence-corrected chi connectivity index (χ1v) is 6.77. The van der Waals surface area contributed by atoms with E-state index in [1.165, 1.54) is 7.11 Å². The molecule has 2 atom stereocenters. The highest BCUT2D eigenvalue weighted by atomic mass is 16.5. The van der Waals surface area contributed by atoms with Gasteiger partial charge in [0.2, 0.25) is 0 Å². The number of ether oxygens (including phenoxy) is 2. The van der Waals surface area contributed by atoms with Crippen molar-refractivity contribution in [3.05, 3.63) is 29.8 Å². The van der Waals surface area contributed by atoms with E-state index < -0.39 is 17.8 Å². The number of carbonyl (C=O) groups is 2. The van der Waals surface area contributed by atoms with Crippen molar-refractivity contribution in [3.8, 4) is 11.8 Å². The number of esters is 1. The van der Waals surface area contributed by atoms with Gasteiger partial charge in [0.05, 0.1) is 19.8 Å². The molecule has 1 aromatic rings. The number of nitriles is 1. The lowest BCUT2D eigenvalue weighted by Crippen LogP contribution is -2.32. The van der Waals surface area contributed by atoms with Crippen LogP contribution in [0.25, 0.3) is 0 Å². The number of benzene rings is 1. The molecule has 0 aliphatic rings. The highest BCUT2D eigenvalue weighted by Gasteiger charge is 2.34. The molecule has 112 valence electrons. The van der Waals surface area contributed by atoms with Crippen LogP contribution in [0.3, 0.4) is 0 Å². The summed E-state index contributed by atoms with van der Waals surface area (Å²) in [4.78, 5) is 24.5. The number of methoxy groups -OCH3 is 1. The third kappa shape index (κ3) is 4.32. The van der Waals surface area contributed by atoms with Crippen LogP contribution in [-0.2, 0) is 9.53 Å². The fourth-order valence-corrected chi connectivity index (χ4v) is 2.03. The van der Waals surface area contributed by atoms with Gasteiger partial charge in [-0.15, -0.1) is 0 Å². The number of carbonyl (C=O) groups excluding carboxylic acids is 2. The summed E-state index contributed by atoms with van der Waals surface area (Å²) in [5.41, 5.74) is 0.402. The summed E-state index contributed by atoms with van der Waals surface area (Å²) in [6.45, 7) is 3.58. The van der Waals surface area contributed by atoms with Crippen LogP contribution in [0.4, 0.5) is 0 Å². The molecule has 0 N–H and O–H groups in total. The smallest absolute Gasteiger partial charge is 0.317 e. The van der Waals surface area contributed by atoms with E-state index in [0.29, 0.717) is 11.3 Å². The van der Waals surface area contributed by atoms with Crippen molar-refractivity contribution < 1.29 is 19.1 Å². The van der Waals surface area contributed by atoms with Crippen molar-refractivity contribution in [1.82, 2.24) is 0 Å². The molecule has 0 radical (unpaired) electrons. The summed E-state index contributed by atoms with van der Waals surface area (Å²) in [5.74, 6) is -1.65. The van der Waals surface area contributed by atoms with Crippen molar-refractivity contribution in [1.29, 1.82) is 5.26 Å². The normalized spacial score (nSPS) is 12.9. The van der Waals surface area contributed by atoms with E-state index in [2.05, 4.69) is 0 Å². The van der Waals surface area contributed by atoms with Crippen LogP contribution < -0.4 is 4.74 Å². The van der Waals surface area contributed by atoms with Crippen molar-refractivity contribution in [2.45, 2.75) is 20.3 Å². The molecular weight excluding hydrogens is 270 g/mol. The maximum absolute atomic E-state index is 12.5. The second kappa shape index (κ2) is 8.05. The fourth-order valence-electron chi connectivity index (χ4n) is 2.03. The summed E-state index contributed by atoms with van der Waals surface area (Å²) >= 11 is 0. The second-order valence-electron chi connectivity index (χ2n) is 4.66. The molecule has 0 fully saturated rings. The summed E-state index contributed by atoms with van der Waals surface area (Å²) < 4.78 is 10.0. The van der Waals surface area contributed by atoms with E-state index in [1.54, 1.807) is 38.1 Å². The highest BCUT2D eigenvalue weighted by Crippen LogP contribution is 2.23. The van der Waals surface area contributed by atoms with Gasteiger partial charge < -0.3 is 9.47 Å². The van der Waals surface area contributed by atoms with Crippen LogP contribution in [-0.4, -0.2) is 25.5 Å². The minimum Gasteiger partial charge on any atom is -0.497 e. The van der Waals surface area contributed by atoms with Gasteiger partial charge in [-0.05, 0) is 37.1 Å². The van der Waals surface area contributed by atoms with Crippen LogP contribution >= 0.6 is 0 Å². The Balaban J connectivity index is 3.03. The maximum atomic E-state index is 12.5. The third-order valence-electron chi connectivity index (χ3n) is 3.18. The number of ketones is 1. The highest BCUT2D eigenvalue weighted by molar-refractivity contribution is 6.08. The van der Waals surface area contributed by atoms with Gasteiger partial charge in [0.15, 0.2) is 5.78 Å². The van der Waals surface area contributed by atoms with E-state index >= 15 is 0 Å². The van der Waals surface area contributed by atoms with E-state index in [9.17, 15) is 9.59 Å². The van der Waals surface area contributed by atoms with Gasteiger partial charge in [-0.3, -0.25) is 9.59 Å². The number of nitrogens with zero attached hydrogens (tertiary/aromatic N) is 1.